The Morgan fingerprint density at radius 3 is 2.17 bits per heavy atom. The number of piperidine rings is 1. The topological polar surface area (TPSA) is 34.0 Å². The monoisotopic (exact) mass is 394 g/mol. The van der Waals surface area contributed by atoms with Gasteiger partial charge in [-0.3, -0.25) is 9.88 Å². The van der Waals surface area contributed by atoms with Gasteiger partial charge in [-0.15, -0.1) is 0 Å². The molecule has 1 saturated heterocycles. The van der Waals surface area contributed by atoms with Crippen molar-refractivity contribution in [1.82, 2.24) is 19.4 Å². The van der Waals surface area contributed by atoms with Crippen molar-refractivity contribution in [2.45, 2.75) is 25.4 Å². The highest BCUT2D eigenvalue weighted by atomic mass is 15.2. The Hall–Kier alpha value is -3.24. The average Bonchev–Trinajstić information content (AvgIpc) is 3.31. The van der Waals surface area contributed by atoms with Crippen LogP contribution >= 0.6 is 0 Å². The molecular weight excluding hydrogens is 368 g/mol. The van der Waals surface area contributed by atoms with Crippen LogP contribution in [0, 0.1) is 0 Å². The van der Waals surface area contributed by atoms with E-state index in [0.717, 1.165) is 55.0 Å². The van der Waals surface area contributed by atoms with Crippen molar-refractivity contribution in [3.05, 3.63) is 97.1 Å². The first-order valence-electron chi connectivity index (χ1n) is 10.7. The third-order valence-corrected chi connectivity index (χ3v) is 5.96. The smallest absolute Gasteiger partial charge is 0.0956 e. The summed E-state index contributed by atoms with van der Waals surface area (Å²) in [6.45, 7) is 3.29. The first kappa shape index (κ1) is 18.8. The van der Waals surface area contributed by atoms with Gasteiger partial charge in [0.2, 0.25) is 0 Å². The molecule has 1 aliphatic heterocycles. The van der Waals surface area contributed by atoms with Crippen molar-refractivity contribution in [3.63, 3.8) is 0 Å². The largest absolute Gasteiger partial charge is 0.334 e. The summed E-state index contributed by atoms with van der Waals surface area (Å²) in [6.07, 6.45) is 8.41. The first-order valence-corrected chi connectivity index (χ1v) is 10.7. The number of likely N-dealkylation sites (tertiary alicyclic amines) is 1. The minimum atomic E-state index is 0.523. The van der Waals surface area contributed by atoms with Gasteiger partial charge in [-0.1, -0.05) is 60.7 Å². The lowest BCUT2D eigenvalue weighted by Crippen LogP contribution is -2.33. The molecule has 4 nitrogen and oxygen atoms in total. The maximum atomic E-state index is 4.66. The third kappa shape index (κ3) is 4.19. The highest BCUT2D eigenvalue weighted by Crippen LogP contribution is 2.27. The van der Waals surface area contributed by atoms with E-state index in [2.05, 4.69) is 80.2 Å². The molecule has 30 heavy (non-hydrogen) atoms. The van der Waals surface area contributed by atoms with Crippen molar-refractivity contribution in [2.24, 2.45) is 0 Å². The highest BCUT2D eigenvalue weighted by Gasteiger charge is 2.21. The standard InChI is InChI=1S/C26H26N4/c1-3-7-21(8-4-1)18-29-15-13-24(14-16-29)30-19-26(28-20-30)23-11-12-25(27-17-23)22-9-5-2-6-10-22/h1-12,17,19-20,24H,13-16,18H2. The van der Waals surface area contributed by atoms with Crippen molar-refractivity contribution >= 4 is 0 Å². The molecule has 0 radical (unpaired) electrons. The predicted molar refractivity (Wildman–Crippen MR) is 121 cm³/mol. The second-order valence-electron chi connectivity index (χ2n) is 8.00. The number of hydrogen-bond donors (Lipinski definition) is 0. The van der Waals surface area contributed by atoms with Crippen LogP contribution in [-0.4, -0.2) is 32.5 Å². The van der Waals surface area contributed by atoms with Crippen molar-refractivity contribution in [2.75, 3.05) is 13.1 Å². The van der Waals surface area contributed by atoms with Gasteiger partial charge in [-0.25, -0.2) is 4.98 Å². The van der Waals surface area contributed by atoms with Gasteiger partial charge < -0.3 is 4.57 Å². The quantitative estimate of drug-likeness (QED) is 0.451. The number of benzene rings is 2. The zero-order valence-corrected chi connectivity index (χ0v) is 17.1. The second-order valence-corrected chi connectivity index (χ2v) is 8.00. The Bertz CT molecular complexity index is 1060. The van der Waals surface area contributed by atoms with Crippen LogP contribution in [0.3, 0.4) is 0 Å². The number of pyridine rings is 1. The maximum absolute atomic E-state index is 4.66. The summed E-state index contributed by atoms with van der Waals surface area (Å²) in [7, 11) is 0. The Labute approximate surface area is 177 Å². The van der Waals surface area contributed by atoms with Crippen molar-refractivity contribution < 1.29 is 0 Å². The Balaban J connectivity index is 1.22. The van der Waals surface area contributed by atoms with Crippen LogP contribution in [-0.2, 0) is 6.54 Å². The van der Waals surface area contributed by atoms with E-state index >= 15 is 0 Å². The fraction of sp³-hybridized carbons (Fsp3) is 0.231. The van der Waals surface area contributed by atoms with Gasteiger partial charge >= 0.3 is 0 Å². The summed E-state index contributed by atoms with van der Waals surface area (Å²) < 4.78 is 2.29. The van der Waals surface area contributed by atoms with Crippen LogP contribution in [0.25, 0.3) is 22.5 Å². The Morgan fingerprint density at radius 2 is 1.47 bits per heavy atom. The molecule has 4 aromatic rings. The summed E-state index contributed by atoms with van der Waals surface area (Å²) in [6, 6.07) is 25.7. The van der Waals surface area contributed by atoms with Gasteiger partial charge in [0.25, 0.3) is 0 Å². The summed E-state index contributed by atoms with van der Waals surface area (Å²) >= 11 is 0. The minimum Gasteiger partial charge on any atom is -0.334 e. The van der Waals surface area contributed by atoms with E-state index in [1.54, 1.807) is 0 Å². The molecule has 2 aromatic heterocycles. The molecule has 4 heteroatoms. The normalized spacial score (nSPS) is 15.3. The second kappa shape index (κ2) is 8.64. The number of hydrogen-bond acceptors (Lipinski definition) is 3. The SMILES string of the molecule is c1ccc(CN2CCC(n3cnc(-c4ccc(-c5ccccc5)nc4)c3)CC2)cc1. The van der Waals surface area contributed by atoms with Crippen molar-refractivity contribution in [1.29, 1.82) is 0 Å². The maximum Gasteiger partial charge on any atom is 0.0956 e. The number of nitrogens with zero attached hydrogens (tertiary/aromatic N) is 4. The average molecular weight is 395 g/mol. The molecule has 5 rings (SSSR count). The Kier molecular flexibility index (Phi) is 5.40. The zero-order valence-electron chi connectivity index (χ0n) is 17.1. The summed E-state index contributed by atoms with van der Waals surface area (Å²) in [5.74, 6) is 0. The van der Waals surface area contributed by atoms with Gasteiger partial charge in [0.05, 0.1) is 17.7 Å². The number of rotatable bonds is 5. The van der Waals surface area contributed by atoms with E-state index in [-0.39, 0.29) is 0 Å². The predicted octanol–water partition coefficient (Wildman–Crippen LogP) is 5.45. The zero-order chi connectivity index (χ0) is 20.2. The van der Waals surface area contributed by atoms with Gasteiger partial charge in [0.15, 0.2) is 0 Å². The van der Waals surface area contributed by atoms with Gasteiger partial charge in [-0.05, 0) is 30.5 Å². The van der Waals surface area contributed by atoms with Gasteiger partial charge in [0, 0.05) is 49.2 Å². The van der Waals surface area contributed by atoms with Gasteiger partial charge in [0.1, 0.15) is 0 Å². The highest BCUT2D eigenvalue weighted by molar-refractivity contribution is 5.64. The molecule has 2 aromatic carbocycles. The molecular formula is C26H26N4. The van der Waals surface area contributed by atoms with E-state index in [1.807, 2.05) is 30.7 Å². The van der Waals surface area contributed by atoms with Crippen LogP contribution in [0.15, 0.2) is 91.5 Å². The molecule has 0 aliphatic carbocycles. The number of aromatic nitrogens is 3. The molecule has 0 unspecified atom stereocenters. The van der Waals surface area contributed by atoms with E-state index in [0.29, 0.717) is 6.04 Å². The first-order chi connectivity index (χ1) is 14.8. The molecule has 0 amide bonds. The van der Waals surface area contributed by atoms with Crippen molar-refractivity contribution in [3.8, 4) is 22.5 Å². The lowest BCUT2D eigenvalue weighted by atomic mass is 10.0. The third-order valence-electron chi connectivity index (χ3n) is 5.96. The van der Waals surface area contributed by atoms with Crippen LogP contribution < -0.4 is 0 Å². The van der Waals surface area contributed by atoms with E-state index in [4.69, 9.17) is 0 Å². The fourth-order valence-corrected chi connectivity index (χ4v) is 4.23. The molecule has 0 spiro atoms. The molecule has 150 valence electrons. The molecule has 1 fully saturated rings. The molecule has 0 saturated carbocycles. The Morgan fingerprint density at radius 1 is 0.733 bits per heavy atom. The number of imidazole rings is 1. The summed E-state index contributed by atoms with van der Waals surface area (Å²) in [4.78, 5) is 11.9. The van der Waals surface area contributed by atoms with E-state index in [1.165, 1.54) is 5.56 Å². The van der Waals surface area contributed by atoms with Crippen LogP contribution in [0.4, 0.5) is 0 Å². The molecule has 0 bridgehead atoms. The fourth-order valence-electron chi connectivity index (χ4n) is 4.23. The van der Waals surface area contributed by atoms with Crippen LogP contribution in [0.2, 0.25) is 0 Å². The van der Waals surface area contributed by atoms with E-state index < -0.39 is 0 Å². The molecule has 0 N–H and O–H groups in total. The van der Waals surface area contributed by atoms with E-state index in [9.17, 15) is 0 Å². The van der Waals surface area contributed by atoms with Crippen LogP contribution in [0.5, 0.6) is 0 Å². The summed E-state index contributed by atoms with van der Waals surface area (Å²) in [5, 5.41) is 0. The molecule has 1 aliphatic rings. The lowest BCUT2D eigenvalue weighted by molar-refractivity contribution is 0.179. The van der Waals surface area contributed by atoms with Gasteiger partial charge in [-0.2, -0.15) is 0 Å². The van der Waals surface area contributed by atoms with Crippen LogP contribution in [0.1, 0.15) is 24.4 Å². The molecule has 3 heterocycles. The summed E-state index contributed by atoms with van der Waals surface area (Å²) in [5.41, 5.74) is 5.58. The lowest BCUT2D eigenvalue weighted by Gasteiger charge is -2.32. The minimum absolute atomic E-state index is 0.523. The molecule has 0 atom stereocenters.